The second kappa shape index (κ2) is 6.49. The van der Waals surface area contributed by atoms with Crippen LogP contribution in [0.25, 0.3) is 0 Å². The van der Waals surface area contributed by atoms with Gasteiger partial charge in [-0.3, -0.25) is 19.2 Å². The van der Waals surface area contributed by atoms with Crippen LogP contribution in [-0.2, 0) is 28.7 Å². The van der Waals surface area contributed by atoms with E-state index in [-0.39, 0.29) is 12.3 Å². The van der Waals surface area contributed by atoms with Crippen LogP contribution in [0.2, 0.25) is 0 Å². The minimum absolute atomic E-state index is 0.0304. The summed E-state index contributed by atoms with van der Waals surface area (Å²) in [5, 5.41) is 0. The maximum Gasteiger partial charge on any atom is 0.309 e. The molecule has 1 fully saturated rings. The first-order valence-corrected chi connectivity index (χ1v) is 6.51. The predicted molar refractivity (Wildman–Crippen MR) is 67.0 cm³/mol. The van der Waals surface area contributed by atoms with Crippen LogP contribution in [0.3, 0.4) is 0 Å². The highest BCUT2D eigenvalue weighted by molar-refractivity contribution is 6.02. The Morgan fingerprint density at radius 3 is 2.40 bits per heavy atom. The van der Waals surface area contributed by atoms with Crippen molar-refractivity contribution < 1.29 is 28.7 Å². The van der Waals surface area contributed by atoms with E-state index in [1.807, 2.05) is 6.92 Å². The molecule has 1 heterocycles. The lowest BCUT2D eigenvalue weighted by molar-refractivity contribution is -0.192. The van der Waals surface area contributed by atoms with E-state index >= 15 is 0 Å². The zero-order chi connectivity index (χ0) is 15.4. The van der Waals surface area contributed by atoms with Crippen LogP contribution in [-0.4, -0.2) is 41.0 Å². The fourth-order valence-electron chi connectivity index (χ4n) is 1.64. The van der Waals surface area contributed by atoms with Crippen LogP contribution in [0.1, 0.15) is 40.5 Å². The first kappa shape index (κ1) is 16.1. The van der Waals surface area contributed by atoms with Crippen molar-refractivity contribution in [2.24, 2.45) is 5.92 Å². The normalized spacial score (nSPS) is 20.7. The molecule has 0 aromatic heterocycles. The Morgan fingerprint density at radius 1 is 1.35 bits per heavy atom. The molecule has 0 aromatic rings. The van der Waals surface area contributed by atoms with Crippen molar-refractivity contribution >= 4 is 23.8 Å². The number of carbonyl (C=O) groups is 4. The number of rotatable bonds is 5. The molecule has 7 nitrogen and oxygen atoms in total. The highest BCUT2D eigenvalue weighted by Gasteiger charge is 2.45. The summed E-state index contributed by atoms with van der Waals surface area (Å²) < 4.78 is 9.82. The Hall–Kier alpha value is -1.92. The van der Waals surface area contributed by atoms with Crippen LogP contribution in [0, 0.1) is 5.92 Å². The summed E-state index contributed by atoms with van der Waals surface area (Å²) in [5.74, 6) is -2.52. The molecule has 0 bridgehead atoms. The topological polar surface area (TPSA) is 90.0 Å². The third-order valence-electron chi connectivity index (χ3n) is 3.10. The molecule has 0 aliphatic carbocycles. The van der Waals surface area contributed by atoms with Crippen LogP contribution >= 0.6 is 0 Å². The van der Waals surface area contributed by atoms with Crippen molar-refractivity contribution in [2.75, 3.05) is 0 Å². The molecular formula is C13H19NO6. The average molecular weight is 285 g/mol. The Bertz CT molecular complexity index is 433. The smallest absolute Gasteiger partial charge is 0.309 e. The Morgan fingerprint density at radius 2 is 1.95 bits per heavy atom. The molecule has 1 aliphatic rings. The molecule has 0 aromatic carbocycles. The van der Waals surface area contributed by atoms with E-state index in [1.54, 1.807) is 6.92 Å². The van der Waals surface area contributed by atoms with Crippen LogP contribution < -0.4 is 0 Å². The van der Waals surface area contributed by atoms with Crippen LogP contribution in [0.4, 0.5) is 0 Å². The monoisotopic (exact) mass is 285 g/mol. The van der Waals surface area contributed by atoms with Gasteiger partial charge < -0.3 is 9.47 Å². The number of hydrogen-bond acceptors (Lipinski definition) is 6. The van der Waals surface area contributed by atoms with Crippen molar-refractivity contribution in [2.45, 2.75) is 52.9 Å². The van der Waals surface area contributed by atoms with Crippen molar-refractivity contribution in [1.82, 2.24) is 4.90 Å². The van der Waals surface area contributed by atoms with Crippen LogP contribution in [0.5, 0.6) is 0 Å². The second-order valence-electron chi connectivity index (χ2n) is 4.76. The third-order valence-corrected chi connectivity index (χ3v) is 3.10. The fourth-order valence-corrected chi connectivity index (χ4v) is 1.64. The van der Waals surface area contributed by atoms with E-state index in [2.05, 4.69) is 0 Å². The zero-order valence-corrected chi connectivity index (χ0v) is 12.0. The molecule has 0 spiro atoms. The SMILES string of the molecule is CCC(C)C(=O)OC(C)C(=O)N1C(=O)CC1OC(C)=O. The van der Waals surface area contributed by atoms with E-state index in [9.17, 15) is 19.2 Å². The summed E-state index contributed by atoms with van der Waals surface area (Å²) in [4.78, 5) is 46.7. The van der Waals surface area contributed by atoms with Gasteiger partial charge in [-0.15, -0.1) is 0 Å². The Balaban J connectivity index is 2.61. The molecule has 7 heteroatoms. The number of likely N-dealkylation sites (tertiary alicyclic amines) is 1. The number of esters is 2. The largest absolute Gasteiger partial charge is 0.452 e. The first-order chi connectivity index (χ1) is 9.27. The molecule has 2 amide bonds. The lowest BCUT2D eigenvalue weighted by Crippen LogP contribution is -2.60. The number of imide groups is 1. The summed E-state index contributed by atoms with van der Waals surface area (Å²) in [5.41, 5.74) is 0. The number of carbonyl (C=O) groups excluding carboxylic acids is 4. The standard InChI is InChI=1S/C13H19NO6/c1-5-7(2)13(18)19-8(3)12(17)14-10(16)6-11(14)20-9(4)15/h7-8,11H,5-6H2,1-4H3. The predicted octanol–water partition coefficient (Wildman–Crippen LogP) is 0.612. The fraction of sp³-hybridized carbons (Fsp3) is 0.692. The average Bonchev–Trinajstić information content (AvgIpc) is 2.35. The van der Waals surface area contributed by atoms with Gasteiger partial charge in [0.1, 0.15) is 0 Å². The van der Waals surface area contributed by atoms with Crippen molar-refractivity contribution in [3.63, 3.8) is 0 Å². The maximum atomic E-state index is 12.0. The Kier molecular flexibility index (Phi) is 5.24. The summed E-state index contributed by atoms with van der Waals surface area (Å²) >= 11 is 0. The number of nitrogens with zero attached hydrogens (tertiary/aromatic N) is 1. The summed E-state index contributed by atoms with van der Waals surface area (Å²) in [6.45, 7) is 6.10. The molecule has 0 saturated carbocycles. The lowest BCUT2D eigenvalue weighted by atomic mass is 10.1. The Labute approximate surface area is 117 Å². The lowest BCUT2D eigenvalue weighted by Gasteiger charge is -2.38. The molecule has 3 unspecified atom stereocenters. The molecule has 20 heavy (non-hydrogen) atoms. The zero-order valence-electron chi connectivity index (χ0n) is 12.0. The van der Waals surface area contributed by atoms with E-state index in [0.717, 1.165) is 4.90 Å². The van der Waals surface area contributed by atoms with E-state index in [0.29, 0.717) is 6.42 Å². The maximum absolute atomic E-state index is 12.0. The van der Waals surface area contributed by atoms with Gasteiger partial charge in [-0.05, 0) is 13.3 Å². The quantitative estimate of drug-likeness (QED) is 0.543. The van der Waals surface area contributed by atoms with Gasteiger partial charge in [-0.25, -0.2) is 4.90 Å². The van der Waals surface area contributed by atoms with Crippen molar-refractivity contribution in [1.29, 1.82) is 0 Å². The van der Waals surface area contributed by atoms with Crippen molar-refractivity contribution in [3.8, 4) is 0 Å². The van der Waals surface area contributed by atoms with Crippen molar-refractivity contribution in [3.05, 3.63) is 0 Å². The first-order valence-electron chi connectivity index (χ1n) is 6.51. The molecule has 0 N–H and O–H groups in total. The highest BCUT2D eigenvalue weighted by Crippen LogP contribution is 2.22. The van der Waals surface area contributed by atoms with E-state index in [1.165, 1.54) is 13.8 Å². The minimum atomic E-state index is -1.08. The molecule has 0 radical (unpaired) electrons. The van der Waals surface area contributed by atoms with Gasteiger partial charge in [0.25, 0.3) is 5.91 Å². The summed E-state index contributed by atoms with van der Waals surface area (Å²) in [6, 6.07) is 0. The highest BCUT2D eigenvalue weighted by atomic mass is 16.6. The van der Waals surface area contributed by atoms with Gasteiger partial charge in [0.2, 0.25) is 5.91 Å². The second-order valence-corrected chi connectivity index (χ2v) is 4.76. The number of hydrogen-bond donors (Lipinski definition) is 0. The summed E-state index contributed by atoms with van der Waals surface area (Å²) in [6.07, 6.45) is -1.41. The van der Waals surface area contributed by atoms with E-state index < -0.39 is 36.1 Å². The minimum Gasteiger partial charge on any atom is -0.452 e. The molecular weight excluding hydrogens is 266 g/mol. The van der Waals surface area contributed by atoms with Gasteiger partial charge >= 0.3 is 11.9 Å². The number of amides is 2. The van der Waals surface area contributed by atoms with Gasteiger partial charge in [0, 0.05) is 6.92 Å². The third kappa shape index (κ3) is 3.55. The van der Waals surface area contributed by atoms with Gasteiger partial charge in [-0.1, -0.05) is 13.8 Å². The molecule has 1 aliphatic heterocycles. The summed E-state index contributed by atoms with van der Waals surface area (Å²) in [7, 11) is 0. The molecule has 112 valence electrons. The molecule has 1 saturated heterocycles. The van der Waals surface area contributed by atoms with Gasteiger partial charge in [-0.2, -0.15) is 0 Å². The molecule has 3 atom stereocenters. The van der Waals surface area contributed by atoms with Crippen LogP contribution in [0.15, 0.2) is 0 Å². The van der Waals surface area contributed by atoms with Gasteiger partial charge in [0.05, 0.1) is 12.3 Å². The van der Waals surface area contributed by atoms with Gasteiger partial charge in [0.15, 0.2) is 12.3 Å². The van der Waals surface area contributed by atoms with E-state index in [4.69, 9.17) is 9.47 Å². The molecule has 1 rings (SSSR count). The number of ether oxygens (including phenoxy) is 2. The number of β-lactam (4-membered cyclic amide) rings is 1.